The van der Waals surface area contributed by atoms with E-state index in [-0.39, 0.29) is 10.9 Å². The van der Waals surface area contributed by atoms with E-state index < -0.39 is 22.0 Å². The Labute approximate surface area is 175 Å². The molecule has 0 fully saturated rings. The van der Waals surface area contributed by atoms with Crippen LogP contribution in [0.15, 0.2) is 47.4 Å². The van der Waals surface area contributed by atoms with Gasteiger partial charge in [0.05, 0.1) is 9.92 Å². The number of carbonyl (C=O) groups is 1. The molecule has 0 bridgehead atoms. The molecule has 0 saturated heterocycles. The highest BCUT2D eigenvalue weighted by atomic mass is 35.5. The molecule has 0 radical (unpaired) electrons. The predicted octanol–water partition coefficient (Wildman–Crippen LogP) is 4.48. The highest BCUT2D eigenvalue weighted by molar-refractivity contribution is 7.89. The minimum Gasteiger partial charge on any atom is -0.479 e. The van der Waals surface area contributed by atoms with Gasteiger partial charge in [-0.2, -0.15) is 0 Å². The number of halogens is 2. The van der Waals surface area contributed by atoms with Crippen LogP contribution in [0.2, 0.25) is 10.0 Å². The Bertz CT molecular complexity index is 933. The van der Waals surface area contributed by atoms with Crippen molar-refractivity contribution in [2.45, 2.75) is 44.2 Å². The molecular weight excluding hydrogens is 423 g/mol. The van der Waals surface area contributed by atoms with E-state index >= 15 is 0 Å². The van der Waals surface area contributed by atoms with E-state index in [9.17, 15) is 13.2 Å². The Balaban J connectivity index is 2.02. The summed E-state index contributed by atoms with van der Waals surface area (Å²) in [6, 6.07) is 10.5. The van der Waals surface area contributed by atoms with Crippen molar-refractivity contribution in [3.8, 4) is 5.75 Å². The smallest absolute Gasteiger partial charge is 0.265 e. The van der Waals surface area contributed by atoms with Crippen molar-refractivity contribution in [2.24, 2.45) is 0 Å². The summed E-state index contributed by atoms with van der Waals surface area (Å²) >= 11 is 11.9. The van der Waals surface area contributed by atoms with E-state index in [1.807, 2.05) is 6.92 Å². The normalized spacial score (nSPS) is 13.6. The van der Waals surface area contributed by atoms with Crippen molar-refractivity contribution >= 4 is 44.8 Å². The van der Waals surface area contributed by atoms with Gasteiger partial charge in [-0.25, -0.2) is 13.1 Å². The highest BCUT2D eigenvalue weighted by Crippen LogP contribution is 2.28. The number of ether oxygens (including phenoxy) is 1. The Morgan fingerprint density at radius 3 is 2.32 bits per heavy atom. The van der Waals surface area contributed by atoms with Crippen molar-refractivity contribution < 1.29 is 17.9 Å². The molecule has 9 heteroatoms. The van der Waals surface area contributed by atoms with Gasteiger partial charge in [0.15, 0.2) is 6.10 Å². The van der Waals surface area contributed by atoms with Gasteiger partial charge >= 0.3 is 0 Å². The summed E-state index contributed by atoms with van der Waals surface area (Å²) in [7, 11) is -3.60. The molecule has 0 heterocycles. The molecule has 2 aromatic rings. The summed E-state index contributed by atoms with van der Waals surface area (Å²) in [4.78, 5) is 12.5. The average Bonchev–Trinajstić information content (AvgIpc) is 2.63. The van der Waals surface area contributed by atoms with Crippen LogP contribution in [0.1, 0.15) is 27.2 Å². The third kappa shape index (κ3) is 6.10. The molecule has 0 aliphatic rings. The van der Waals surface area contributed by atoms with Gasteiger partial charge in [0, 0.05) is 16.8 Å². The summed E-state index contributed by atoms with van der Waals surface area (Å²) < 4.78 is 32.7. The van der Waals surface area contributed by atoms with Crippen LogP contribution in [0.25, 0.3) is 0 Å². The number of amides is 1. The summed E-state index contributed by atoms with van der Waals surface area (Å²) in [6.45, 7) is 5.27. The Kier molecular flexibility index (Phi) is 7.71. The monoisotopic (exact) mass is 444 g/mol. The number of anilines is 1. The van der Waals surface area contributed by atoms with Crippen LogP contribution in [0.3, 0.4) is 0 Å². The fourth-order valence-electron chi connectivity index (χ4n) is 2.19. The Morgan fingerprint density at radius 1 is 1.11 bits per heavy atom. The Morgan fingerprint density at radius 2 is 1.75 bits per heavy atom. The molecule has 0 saturated carbocycles. The SMILES string of the molecule is CC[C@H](C)NS(=O)(=O)c1ccc(NC(=O)[C@H](C)Oc2ccc(Cl)cc2Cl)cc1. The standard InChI is InChI=1S/C19H22Cl2N2O4S/c1-4-12(2)23-28(25,26)16-8-6-15(7-9-16)22-19(24)13(3)27-18-10-5-14(20)11-17(18)21/h5-13,23H,4H2,1-3H3,(H,22,24)/t12-,13-/m0/s1. The third-order valence-electron chi connectivity index (χ3n) is 3.97. The van der Waals surface area contributed by atoms with E-state index in [1.165, 1.54) is 30.3 Å². The first-order chi connectivity index (χ1) is 13.1. The fourth-order valence-corrected chi connectivity index (χ4v) is 3.97. The molecule has 0 aliphatic carbocycles. The van der Waals surface area contributed by atoms with Gasteiger partial charge in [0.25, 0.3) is 5.91 Å². The van der Waals surface area contributed by atoms with Crippen molar-refractivity contribution in [1.82, 2.24) is 4.72 Å². The number of hydrogen-bond donors (Lipinski definition) is 2. The molecule has 28 heavy (non-hydrogen) atoms. The minimum atomic E-state index is -3.60. The minimum absolute atomic E-state index is 0.128. The summed E-state index contributed by atoms with van der Waals surface area (Å²) in [5, 5.41) is 3.44. The second-order valence-corrected chi connectivity index (χ2v) is 8.84. The van der Waals surface area contributed by atoms with Crippen molar-refractivity contribution in [3.63, 3.8) is 0 Å². The molecule has 2 atom stereocenters. The number of carbonyl (C=O) groups excluding carboxylic acids is 1. The van der Waals surface area contributed by atoms with Gasteiger partial charge in [-0.15, -0.1) is 0 Å². The topological polar surface area (TPSA) is 84.5 Å². The van der Waals surface area contributed by atoms with E-state index in [4.69, 9.17) is 27.9 Å². The van der Waals surface area contributed by atoms with Gasteiger partial charge in [0.1, 0.15) is 5.75 Å². The largest absolute Gasteiger partial charge is 0.479 e. The molecule has 152 valence electrons. The van der Waals surface area contributed by atoms with E-state index in [1.54, 1.807) is 26.0 Å². The van der Waals surface area contributed by atoms with Crippen molar-refractivity contribution in [2.75, 3.05) is 5.32 Å². The van der Waals surface area contributed by atoms with E-state index in [2.05, 4.69) is 10.0 Å². The quantitative estimate of drug-likeness (QED) is 0.628. The number of benzene rings is 2. The highest BCUT2D eigenvalue weighted by Gasteiger charge is 2.19. The molecule has 0 aliphatic heterocycles. The maximum atomic E-state index is 12.3. The third-order valence-corrected chi connectivity index (χ3v) is 6.10. The van der Waals surface area contributed by atoms with Gasteiger partial charge in [-0.3, -0.25) is 4.79 Å². The zero-order valence-corrected chi connectivity index (χ0v) is 18.0. The number of nitrogens with one attached hydrogen (secondary N) is 2. The first-order valence-electron chi connectivity index (χ1n) is 8.67. The second-order valence-electron chi connectivity index (χ2n) is 6.28. The molecule has 0 unspecified atom stereocenters. The van der Waals surface area contributed by atoms with Gasteiger partial charge in [-0.05, 0) is 62.7 Å². The van der Waals surface area contributed by atoms with Crippen LogP contribution in [-0.4, -0.2) is 26.5 Å². The maximum absolute atomic E-state index is 12.3. The lowest BCUT2D eigenvalue weighted by Gasteiger charge is -2.16. The first kappa shape index (κ1) is 22.5. The van der Waals surface area contributed by atoms with Crippen LogP contribution in [-0.2, 0) is 14.8 Å². The number of sulfonamides is 1. The zero-order valence-electron chi connectivity index (χ0n) is 15.7. The van der Waals surface area contributed by atoms with Crippen molar-refractivity contribution in [1.29, 1.82) is 0 Å². The molecular formula is C19H22Cl2N2O4S. The Hall–Kier alpha value is -1.80. The summed E-state index contributed by atoms with van der Waals surface area (Å²) in [6.07, 6.45) is -0.141. The van der Waals surface area contributed by atoms with E-state index in [0.717, 1.165) is 0 Å². The van der Waals surface area contributed by atoms with Crippen LogP contribution >= 0.6 is 23.2 Å². The number of hydrogen-bond acceptors (Lipinski definition) is 4. The van der Waals surface area contributed by atoms with Crippen molar-refractivity contribution in [3.05, 3.63) is 52.5 Å². The van der Waals surface area contributed by atoms with Crippen LogP contribution in [0, 0.1) is 0 Å². The van der Waals surface area contributed by atoms with Crippen LogP contribution in [0.5, 0.6) is 5.75 Å². The van der Waals surface area contributed by atoms with Crippen LogP contribution in [0.4, 0.5) is 5.69 Å². The molecule has 2 N–H and O–H groups in total. The molecule has 2 aromatic carbocycles. The van der Waals surface area contributed by atoms with Gasteiger partial charge < -0.3 is 10.1 Å². The molecule has 0 aromatic heterocycles. The first-order valence-corrected chi connectivity index (χ1v) is 10.9. The number of rotatable bonds is 8. The fraction of sp³-hybridized carbons (Fsp3) is 0.316. The lowest BCUT2D eigenvalue weighted by Crippen LogP contribution is -2.32. The molecule has 6 nitrogen and oxygen atoms in total. The average molecular weight is 445 g/mol. The van der Waals surface area contributed by atoms with E-state index in [0.29, 0.717) is 27.9 Å². The molecule has 1 amide bonds. The molecule has 2 rings (SSSR count). The second kappa shape index (κ2) is 9.60. The van der Waals surface area contributed by atoms with Crippen LogP contribution < -0.4 is 14.8 Å². The van der Waals surface area contributed by atoms with Gasteiger partial charge in [-0.1, -0.05) is 30.1 Å². The molecule has 0 spiro atoms. The lowest BCUT2D eigenvalue weighted by molar-refractivity contribution is -0.122. The lowest BCUT2D eigenvalue weighted by atomic mass is 10.3. The maximum Gasteiger partial charge on any atom is 0.265 e. The van der Waals surface area contributed by atoms with Gasteiger partial charge in [0.2, 0.25) is 10.0 Å². The summed E-state index contributed by atoms with van der Waals surface area (Å²) in [5.41, 5.74) is 0.449. The summed E-state index contributed by atoms with van der Waals surface area (Å²) in [5.74, 6) is -0.0642. The zero-order chi connectivity index (χ0) is 20.9. The predicted molar refractivity (Wildman–Crippen MR) is 112 cm³/mol.